The first kappa shape index (κ1) is 14.1. The van der Waals surface area contributed by atoms with Crippen molar-refractivity contribution in [2.75, 3.05) is 0 Å². The average molecular weight is 322 g/mol. The van der Waals surface area contributed by atoms with Gasteiger partial charge in [0.15, 0.2) is 0 Å². The Kier molecular flexibility index (Phi) is 4.29. The maximum atomic E-state index is 11.9. The number of hydrogen-bond donors (Lipinski definition) is 2. The Morgan fingerprint density at radius 2 is 2.06 bits per heavy atom. The van der Waals surface area contributed by atoms with E-state index in [1.54, 1.807) is 12.1 Å². The first-order chi connectivity index (χ1) is 7.74. The first-order valence-corrected chi connectivity index (χ1v) is 7.03. The van der Waals surface area contributed by atoms with Crippen molar-refractivity contribution in [3.8, 4) is 0 Å². The molecule has 0 saturated heterocycles. The minimum atomic E-state index is -3.83. The van der Waals surface area contributed by atoms with Crippen LogP contribution in [0.4, 0.5) is 0 Å². The summed E-state index contributed by atoms with van der Waals surface area (Å²) >= 11 is 3.14. The molecule has 0 bridgehead atoms. The molecule has 0 aromatic heterocycles. The minimum Gasteiger partial charge on any atom is -0.480 e. The van der Waals surface area contributed by atoms with Crippen molar-refractivity contribution in [3.05, 3.63) is 28.2 Å². The number of rotatable bonds is 4. The van der Waals surface area contributed by atoms with Crippen molar-refractivity contribution in [1.29, 1.82) is 0 Å². The fourth-order valence-corrected chi connectivity index (χ4v) is 3.56. The summed E-state index contributed by atoms with van der Waals surface area (Å²) in [4.78, 5) is 10.6. The molecule has 5 nitrogen and oxygen atoms in total. The molecule has 0 fully saturated rings. The third-order valence-electron chi connectivity index (χ3n) is 2.08. The highest BCUT2D eigenvalue weighted by Crippen LogP contribution is 2.23. The number of aliphatic carboxylic acids is 1. The lowest BCUT2D eigenvalue weighted by atomic mass is 10.2. The second kappa shape index (κ2) is 5.16. The summed E-state index contributed by atoms with van der Waals surface area (Å²) in [5.41, 5.74) is 0.905. The molecule has 1 aromatic rings. The summed E-state index contributed by atoms with van der Waals surface area (Å²) in [5, 5.41) is 8.67. The lowest BCUT2D eigenvalue weighted by Gasteiger charge is -2.11. The maximum Gasteiger partial charge on any atom is 0.321 e. The van der Waals surface area contributed by atoms with Crippen molar-refractivity contribution in [1.82, 2.24) is 4.72 Å². The zero-order valence-corrected chi connectivity index (χ0v) is 11.7. The highest BCUT2D eigenvalue weighted by molar-refractivity contribution is 9.10. The van der Waals surface area contributed by atoms with Crippen molar-refractivity contribution in [3.63, 3.8) is 0 Å². The molecule has 0 heterocycles. The van der Waals surface area contributed by atoms with Crippen LogP contribution in [-0.2, 0) is 14.8 Å². The van der Waals surface area contributed by atoms with Gasteiger partial charge in [0, 0.05) is 4.47 Å². The molecule has 0 amide bonds. The average Bonchev–Trinajstić information content (AvgIpc) is 2.15. The lowest BCUT2D eigenvalue weighted by molar-refractivity contribution is -0.138. The summed E-state index contributed by atoms with van der Waals surface area (Å²) in [6, 6.07) is 3.55. The third kappa shape index (κ3) is 3.52. The van der Waals surface area contributed by atoms with Crippen LogP contribution in [0.2, 0.25) is 0 Å². The van der Waals surface area contributed by atoms with E-state index >= 15 is 0 Å². The summed E-state index contributed by atoms with van der Waals surface area (Å²) in [6.45, 7) is 3.09. The molecule has 7 heteroatoms. The second-order valence-corrected chi connectivity index (χ2v) is 6.15. The standard InChI is InChI=1S/C10H12BrNO4S/c1-6-3-4-9(8(11)5-6)17(15,16)12-7(2)10(13)14/h3-5,7,12H,1-2H3,(H,13,14). The van der Waals surface area contributed by atoms with Crippen molar-refractivity contribution in [2.45, 2.75) is 24.8 Å². The number of carboxylic acids is 1. The van der Waals surface area contributed by atoms with Gasteiger partial charge in [0.05, 0.1) is 4.90 Å². The highest BCUT2D eigenvalue weighted by Gasteiger charge is 2.23. The Morgan fingerprint density at radius 3 is 2.53 bits per heavy atom. The molecule has 17 heavy (non-hydrogen) atoms. The van der Waals surface area contributed by atoms with Crippen LogP contribution in [-0.4, -0.2) is 25.5 Å². The van der Waals surface area contributed by atoms with Crippen LogP contribution >= 0.6 is 15.9 Å². The summed E-state index contributed by atoms with van der Waals surface area (Å²) in [5.74, 6) is -1.23. The van der Waals surface area contributed by atoms with Gasteiger partial charge >= 0.3 is 5.97 Å². The number of benzene rings is 1. The van der Waals surface area contributed by atoms with Crippen LogP contribution in [0.15, 0.2) is 27.6 Å². The Balaban J connectivity index is 3.10. The van der Waals surface area contributed by atoms with Crippen LogP contribution in [0.25, 0.3) is 0 Å². The molecule has 0 aliphatic carbocycles. The van der Waals surface area contributed by atoms with Crippen molar-refractivity contribution >= 4 is 31.9 Å². The fraction of sp³-hybridized carbons (Fsp3) is 0.300. The molecule has 0 aliphatic rings. The maximum absolute atomic E-state index is 11.9. The molecule has 0 aliphatic heterocycles. The number of halogens is 1. The van der Waals surface area contributed by atoms with E-state index < -0.39 is 22.0 Å². The molecule has 1 atom stereocenters. The molecule has 0 spiro atoms. The molecule has 1 rings (SSSR count). The largest absolute Gasteiger partial charge is 0.480 e. The van der Waals surface area contributed by atoms with Gasteiger partial charge in [-0.05, 0) is 47.5 Å². The van der Waals surface area contributed by atoms with E-state index in [-0.39, 0.29) is 4.90 Å². The van der Waals surface area contributed by atoms with E-state index in [1.807, 2.05) is 6.92 Å². The van der Waals surface area contributed by atoms with Gasteiger partial charge in [0.1, 0.15) is 6.04 Å². The number of aryl methyl sites for hydroxylation is 1. The molecule has 0 saturated carbocycles. The van der Waals surface area contributed by atoms with E-state index in [9.17, 15) is 13.2 Å². The van der Waals surface area contributed by atoms with Gasteiger partial charge < -0.3 is 5.11 Å². The third-order valence-corrected chi connectivity index (χ3v) is 4.60. The number of hydrogen-bond acceptors (Lipinski definition) is 3. The molecule has 2 N–H and O–H groups in total. The van der Waals surface area contributed by atoms with Gasteiger partial charge in [0.25, 0.3) is 0 Å². The first-order valence-electron chi connectivity index (χ1n) is 4.75. The van der Waals surface area contributed by atoms with E-state index in [4.69, 9.17) is 5.11 Å². The van der Waals surface area contributed by atoms with Gasteiger partial charge in [-0.25, -0.2) is 8.42 Å². The van der Waals surface area contributed by atoms with Crippen LogP contribution in [0.5, 0.6) is 0 Å². The smallest absolute Gasteiger partial charge is 0.321 e. The molecule has 1 aromatic carbocycles. The van der Waals surface area contributed by atoms with Crippen LogP contribution < -0.4 is 4.72 Å². The topological polar surface area (TPSA) is 83.5 Å². The zero-order valence-electron chi connectivity index (χ0n) is 9.27. The number of carbonyl (C=O) groups is 1. The van der Waals surface area contributed by atoms with Gasteiger partial charge in [-0.3, -0.25) is 4.79 Å². The lowest BCUT2D eigenvalue weighted by Crippen LogP contribution is -2.38. The number of nitrogens with one attached hydrogen (secondary N) is 1. The SMILES string of the molecule is Cc1ccc(S(=O)(=O)NC(C)C(=O)O)c(Br)c1. The van der Waals surface area contributed by atoms with Gasteiger partial charge in [-0.15, -0.1) is 0 Å². The van der Waals surface area contributed by atoms with Crippen LogP contribution in [0.3, 0.4) is 0 Å². The Labute approximate surface area is 108 Å². The normalized spacial score (nSPS) is 13.4. The predicted molar refractivity (Wildman–Crippen MR) is 66.3 cm³/mol. The summed E-state index contributed by atoms with van der Waals surface area (Å²) in [7, 11) is -3.83. The Morgan fingerprint density at radius 1 is 1.47 bits per heavy atom. The van der Waals surface area contributed by atoms with E-state index in [2.05, 4.69) is 20.7 Å². The van der Waals surface area contributed by atoms with E-state index in [0.717, 1.165) is 5.56 Å². The van der Waals surface area contributed by atoms with Crippen molar-refractivity contribution < 1.29 is 18.3 Å². The Hall–Kier alpha value is -0.920. The van der Waals surface area contributed by atoms with Gasteiger partial charge in [0.2, 0.25) is 10.0 Å². The molecule has 94 valence electrons. The summed E-state index contributed by atoms with van der Waals surface area (Å²) < 4.78 is 26.2. The molecular formula is C10H12BrNO4S. The zero-order chi connectivity index (χ0) is 13.2. The molecular weight excluding hydrogens is 310 g/mol. The molecule has 0 radical (unpaired) electrons. The van der Waals surface area contributed by atoms with E-state index in [1.165, 1.54) is 13.0 Å². The van der Waals surface area contributed by atoms with Crippen LogP contribution in [0, 0.1) is 6.92 Å². The second-order valence-electron chi connectivity index (χ2n) is 3.62. The molecule has 1 unspecified atom stereocenters. The van der Waals surface area contributed by atoms with Crippen molar-refractivity contribution in [2.24, 2.45) is 0 Å². The predicted octanol–water partition coefficient (Wildman–Crippen LogP) is 1.51. The minimum absolute atomic E-state index is 0.0243. The van der Waals surface area contributed by atoms with Gasteiger partial charge in [-0.1, -0.05) is 6.07 Å². The van der Waals surface area contributed by atoms with E-state index in [0.29, 0.717) is 4.47 Å². The fourth-order valence-electron chi connectivity index (χ4n) is 1.17. The van der Waals surface area contributed by atoms with Crippen LogP contribution in [0.1, 0.15) is 12.5 Å². The monoisotopic (exact) mass is 321 g/mol. The quantitative estimate of drug-likeness (QED) is 0.880. The summed E-state index contributed by atoms with van der Waals surface area (Å²) in [6.07, 6.45) is 0. The number of sulfonamides is 1. The van der Waals surface area contributed by atoms with Gasteiger partial charge in [-0.2, -0.15) is 4.72 Å². The number of carboxylic acid groups (broad SMARTS) is 1. The highest BCUT2D eigenvalue weighted by atomic mass is 79.9. The Bertz CT molecular complexity index is 541.